The van der Waals surface area contributed by atoms with Crippen LogP contribution in [0.4, 0.5) is 5.69 Å². The quantitative estimate of drug-likeness (QED) is 0.809. The predicted octanol–water partition coefficient (Wildman–Crippen LogP) is 4.09. The number of ether oxygens (including phenoxy) is 1. The van der Waals surface area contributed by atoms with Gasteiger partial charge in [0.2, 0.25) is 0 Å². The normalized spacial score (nSPS) is 10.6. The van der Waals surface area contributed by atoms with E-state index in [9.17, 15) is 4.79 Å². The summed E-state index contributed by atoms with van der Waals surface area (Å²) in [7, 11) is 0. The predicted molar refractivity (Wildman–Crippen MR) is 85.4 cm³/mol. The molecule has 0 spiro atoms. The number of carboxylic acid groups (broad SMARTS) is 1. The Kier molecular flexibility index (Phi) is 5.22. The van der Waals surface area contributed by atoms with E-state index in [0.29, 0.717) is 24.6 Å². The molecule has 0 aliphatic carbocycles. The third kappa shape index (κ3) is 4.79. The van der Waals surface area contributed by atoms with Crippen LogP contribution in [0.15, 0.2) is 35.7 Å². The number of benzene rings is 1. The van der Waals surface area contributed by atoms with Crippen LogP contribution < -0.4 is 10.1 Å². The summed E-state index contributed by atoms with van der Waals surface area (Å²) in [5.74, 6) is 0.440. The number of carbonyl (C=O) groups is 1. The SMILES string of the molecule is CC(C)COc1cccc(NCc2cc(C(=O)O)cs2)c1. The number of rotatable bonds is 7. The number of hydrogen-bond acceptors (Lipinski definition) is 4. The van der Waals surface area contributed by atoms with Gasteiger partial charge in [0.1, 0.15) is 5.75 Å². The molecule has 0 saturated heterocycles. The van der Waals surface area contributed by atoms with Crippen LogP contribution in [0.1, 0.15) is 29.1 Å². The highest BCUT2D eigenvalue weighted by atomic mass is 32.1. The highest BCUT2D eigenvalue weighted by Gasteiger charge is 2.06. The van der Waals surface area contributed by atoms with Crippen molar-refractivity contribution in [3.8, 4) is 5.75 Å². The second-order valence-corrected chi connectivity index (χ2v) is 6.19. The summed E-state index contributed by atoms with van der Waals surface area (Å²) in [5.41, 5.74) is 1.30. The largest absolute Gasteiger partial charge is 0.493 e. The van der Waals surface area contributed by atoms with Crippen molar-refractivity contribution in [2.75, 3.05) is 11.9 Å². The lowest BCUT2D eigenvalue weighted by molar-refractivity contribution is 0.0697. The van der Waals surface area contributed by atoms with Crippen LogP contribution in [0, 0.1) is 5.92 Å². The minimum atomic E-state index is -0.887. The topological polar surface area (TPSA) is 58.6 Å². The van der Waals surface area contributed by atoms with Crippen molar-refractivity contribution in [1.82, 2.24) is 0 Å². The second-order valence-electron chi connectivity index (χ2n) is 5.19. The number of nitrogens with one attached hydrogen (secondary N) is 1. The molecule has 1 aromatic carbocycles. The third-order valence-corrected chi connectivity index (χ3v) is 3.72. The van der Waals surface area contributed by atoms with Gasteiger partial charge in [-0.2, -0.15) is 0 Å². The number of anilines is 1. The standard InChI is InChI=1S/C16H19NO3S/c1-11(2)9-20-14-5-3-4-13(7-14)17-8-15-6-12(10-21-15)16(18)19/h3-7,10-11,17H,8-9H2,1-2H3,(H,18,19). The number of carboxylic acids is 1. The fourth-order valence-corrected chi connectivity index (χ4v) is 2.53. The van der Waals surface area contributed by atoms with Crippen LogP contribution in [0.25, 0.3) is 0 Å². The van der Waals surface area contributed by atoms with Gasteiger partial charge >= 0.3 is 5.97 Å². The first-order valence-electron chi connectivity index (χ1n) is 6.82. The van der Waals surface area contributed by atoms with E-state index in [-0.39, 0.29) is 0 Å². The van der Waals surface area contributed by atoms with Crippen molar-refractivity contribution < 1.29 is 14.6 Å². The molecule has 0 unspecified atom stereocenters. The molecule has 1 aromatic heterocycles. The molecule has 2 aromatic rings. The maximum absolute atomic E-state index is 10.8. The molecule has 2 N–H and O–H groups in total. The molecule has 0 amide bonds. The van der Waals surface area contributed by atoms with Gasteiger partial charge in [0, 0.05) is 28.6 Å². The maximum atomic E-state index is 10.8. The van der Waals surface area contributed by atoms with Crippen LogP contribution in [-0.4, -0.2) is 17.7 Å². The highest BCUT2D eigenvalue weighted by molar-refractivity contribution is 7.10. The summed E-state index contributed by atoms with van der Waals surface area (Å²) >= 11 is 1.44. The van der Waals surface area contributed by atoms with E-state index >= 15 is 0 Å². The molecular formula is C16H19NO3S. The lowest BCUT2D eigenvalue weighted by Crippen LogP contribution is -2.05. The zero-order valence-corrected chi connectivity index (χ0v) is 12.9. The van der Waals surface area contributed by atoms with E-state index in [1.165, 1.54) is 11.3 Å². The van der Waals surface area contributed by atoms with Crippen molar-refractivity contribution >= 4 is 23.0 Å². The van der Waals surface area contributed by atoms with Gasteiger partial charge in [0.15, 0.2) is 0 Å². The van der Waals surface area contributed by atoms with Crippen LogP contribution >= 0.6 is 11.3 Å². The molecule has 0 bridgehead atoms. The highest BCUT2D eigenvalue weighted by Crippen LogP contribution is 2.20. The van der Waals surface area contributed by atoms with Crippen molar-refractivity contribution in [3.63, 3.8) is 0 Å². The van der Waals surface area contributed by atoms with Crippen LogP contribution in [-0.2, 0) is 6.54 Å². The molecule has 0 aliphatic heterocycles. The zero-order valence-electron chi connectivity index (χ0n) is 12.1. The Morgan fingerprint density at radius 2 is 2.19 bits per heavy atom. The fraction of sp³-hybridized carbons (Fsp3) is 0.312. The van der Waals surface area contributed by atoms with Crippen LogP contribution in [0.5, 0.6) is 5.75 Å². The Morgan fingerprint density at radius 3 is 2.86 bits per heavy atom. The summed E-state index contributed by atoms with van der Waals surface area (Å²) in [6.45, 7) is 5.51. The van der Waals surface area contributed by atoms with Crippen molar-refractivity contribution in [2.45, 2.75) is 20.4 Å². The van der Waals surface area contributed by atoms with Gasteiger partial charge in [-0.1, -0.05) is 19.9 Å². The molecule has 2 rings (SSSR count). The van der Waals surface area contributed by atoms with Gasteiger partial charge in [-0.3, -0.25) is 0 Å². The smallest absolute Gasteiger partial charge is 0.336 e. The molecule has 0 saturated carbocycles. The minimum absolute atomic E-state index is 0.339. The molecule has 0 atom stereocenters. The Hall–Kier alpha value is -2.01. The first-order valence-corrected chi connectivity index (χ1v) is 7.70. The van der Waals surface area contributed by atoms with Crippen molar-refractivity contribution in [2.24, 2.45) is 5.92 Å². The van der Waals surface area contributed by atoms with Gasteiger partial charge in [0.05, 0.1) is 12.2 Å². The first kappa shape index (κ1) is 15.4. The lowest BCUT2D eigenvalue weighted by atomic mass is 10.2. The Labute approximate surface area is 128 Å². The molecule has 21 heavy (non-hydrogen) atoms. The Balaban J connectivity index is 1.93. The molecule has 0 radical (unpaired) electrons. The van der Waals surface area contributed by atoms with Crippen LogP contribution in [0.3, 0.4) is 0 Å². The minimum Gasteiger partial charge on any atom is -0.493 e. The second kappa shape index (κ2) is 7.13. The molecule has 0 fully saturated rings. The van der Waals surface area contributed by atoms with Crippen molar-refractivity contribution in [1.29, 1.82) is 0 Å². The lowest BCUT2D eigenvalue weighted by Gasteiger charge is -2.10. The average Bonchev–Trinajstić information content (AvgIpc) is 2.92. The fourth-order valence-electron chi connectivity index (χ4n) is 1.73. The number of thiophene rings is 1. The summed E-state index contributed by atoms with van der Waals surface area (Å²) < 4.78 is 5.68. The van der Waals surface area contributed by atoms with Gasteiger partial charge in [-0.15, -0.1) is 11.3 Å². The van der Waals surface area contributed by atoms with Crippen LogP contribution in [0.2, 0.25) is 0 Å². The van der Waals surface area contributed by atoms with E-state index in [4.69, 9.17) is 9.84 Å². The van der Waals surface area contributed by atoms with E-state index in [1.807, 2.05) is 24.3 Å². The van der Waals surface area contributed by atoms with E-state index < -0.39 is 5.97 Å². The molecular weight excluding hydrogens is 286 g/mol. The monoisotopic (exact) mass is 305 g/mol. The van der Waals surface area contributed by atoms with E-state index in [1.54, 1.807) is 11.4 Å². The van der Waals surface area contributed by atoms with Gasteiger partial charge in [0.25, 0.3) is 0 Å². The number of aromatic carboxylic acids is 1. The maximum Gasteiger partial charge on any atom is 0.336 e. The molecule has 1 heterocycles. The average molecular weight is 305 g/mol. The molecule has 112 valence electrons. The Morgan fingerprint density at radius 1 is 1.38 bits per heavy atom. The Bertz CT molecular complexity index is 607. The number of hydrogen-bond donors (Lipinski definition) is 2. The van der Waals surface area contributed by atoms with Gasteiger partial charge in [-0.25, -0.2) is 4.79 Å². The summed E-state index contributed by atoms with van der Waals surface area (Å²) in [5, 5.41) is 13.8. The van der Waals surface area contributed by atoms with E-state index in [0.717, 1.165) is 16.3 Å². The summed E-state index contributed by atoms with van der Waals surface area (Å²) in [6.07, 6.45) is 0. The van der Waals surface area contributed by atoms with Crippen molar-refractivity contribution in [3.05, 3.63) is 46.2 Å². The first-order chi connectivity index (χ1) is 10.0. The summed E-state index contributed by atoms with van der Waals surface area (Å²) in [6, 6.07) is 9.48. The third-order valence-electron chi connectivity index (χ3n) is 2.78. The molecule has 5 heteroatoms. The van der Waals surface area contributed by atoms with Gasteiger partial charge < -0.3 is 15.2 Å². The molecule has 0 aliphatic rings. The zero-order chi connectivity index (χ0) is 15.2. The van der Waals surface area contributed by atoms with E-state index in [2.05, 4.69) is 19.2 Å². The summed E-state index contributed by atoms with van der Waals surface area (Å²) in [4.78, 5) is 11.8. The molecule has 4 nitrogen and oxygen atoms in total. The van der Waals surface area contributed by atoms with Gasteiger partial charge in [-0.05, 0) is 24.1 Å².